The van der Waals surface area contributed by atoms with E-state index in [1.807, 2.05) is 32.6 Å². The first-order valence-corrected chi connectivity index (χ1v) is 11.7. The lowest BCUT2D eigenvalue weighted by atomic mass is 9.93. The Labute approximate surface area is 205 Å². The minimum Gasteiger partial charge on any atom is -0.474 e. The van der Waals surface area contributed by atoms with Gasteiger partial charge in [-0.25, -0.2) is 4.98 Å². The molecule has 0 radical (unpaired) electrons. The standard InChI is InChI=1S/C24H26F3N7O2/c1-28-20-10-19-18(12-29-20)23(15-11-30-33(2)13-15)32-34(19)16-6-8-17(9-7-16)36-22-5-3-4-21(31-22)35-14-24(25,26)27/h3-5,10-13,16-17H,6-9,14H2,1-2H3,(H,28,29). The maximum Gasteiger partial charge on any atom is 0.422 e. The van der Waals surface area contributed by atoms with E-state index in [1.54, 1.807) is 23.0 Å². The molecule has 4 aromatic rings. The number of hydrogen-bond donors (Lipinski definition) is 1. The lowest BCUT2D eigenvalue weighted by molar-refractivity contribution is -0.154. The molecular weight excluding hydrogens is 475 g/mol. The number of rotatable bonds is 7. The number of hydrogen-bond acceptors (Lipinski definition) is 7. The van der Waals surface area contributed by atoms with Crippen LogP contribution < -0.4 is 14.8 Å². The first-order valence-electron chi connectivity index (χ1n) is 11.7. The zero-order chi connectivity index (χ0) is 25.3. The summed E-state index contributed by atoms with van der Waals surface area (Å²) in [7, 11) is 3.70. The van der Waals surface area contributed by atoms with Crippen LogP contribution in [0, 0.1) is 0 Å². The normalized spacial score (nSPS) is 18.4. The number of aryl methyl sites for hydroxylation is 1. The first-order chi connectivity index (χ1) is 17.3. The Morgan fingerprint density at radius 2 is 1.89 bits per heavy atom. The quantitative estimate of drug-likeness (QED) is 0.390. The lowest BCUT2D eigenvalue weighted by Gasteiger charge is -2.29. The average Bonchev–Trinajstić information content (AvgIpc) is 3.46. The molecule has 4 heterocycles. The van der Waals surface area contributed by atoms with Crippen molar-refractivity contribution in [3.63, 3.8) is 0 Å². The molecule has 0 bridgehead atoms. The van der Waals surface area contributed by atoms with Crippen LogP contribution in [0.1, 0.15) is 31.7 Å². The van der Waals surface area contributed by atoms with Gasteiger partial charge in [0.05, 0.1) is 17.8 Å². The molecule has 0 aliphatic heterocycles. The number of anilines is 1. The predicted molar refractivity (Wildman–Crippen MR) is 127 cm³/mol. The molecule has 1 aliphatic rings. The molecule has 1 aliphatic carbocycles. The number of nitrogens with zero attached hydrogens (tertiary/aromatic N) is 6. The van der Waals surface area contributed by atoms with Gasteiger partial charge in [0, 0.05) is 55.6 Å². The molecule has 12 heteroatoms. The minimum absolute atomic E-state index is 0.0965. The fourth-order valence-electron chi connectivity index (χ4n) is 4.48. The first kappa shape index (κ1) is 23.9. The number of alkyl halides is 3. The average molecular weight is 502 g/mol. The number of aromatic nitrogens is 6. The molecular formula is C24H26F3N7O2. The van der Waals surface area contributed by atoms with Crippen molar-refractivity contribution in [3.8, 4) is 23.0 Å². The highest BCUT2D eigenvalue weighted by Gasteiger charge is 2.29. The van der Waals surface area contributed by atoms with Crippen LogP contribution >= 0.6 is 0 Å². The third-order valence-corrected chi connectivity index (χ3v) is 6.18. The Morgan fingerprint density at radius 3 is 2.58 bits per heavy atom. The fourth-order valence-corrected chi connectivity index (χ4v) is 4.48. The molecule has 0 unspecified atom stereocenters. The van der Waals surface area contributed by atoms with Crippen molar-refractivity contribution in [2.24, 2.45) is 7.05 Å². The summed E-state index contributed by atoms with van der Waals surface area (Å²) >= 11 is 0. The van der Waals surface area contributed by atoms with Gasteiger partial charge in [0.25, 0.3) is 0 Å². The van der Waals surface area contributed by atoms with E-state index < -0.39 is 12.8 Å². The smallest absolute Gasteiger partial charge is 0.422 e. The largest absolute Gasteiger partial charge is 0.474 e. The van der Waals surface area contributed by atoms with E-state index in [0.717, 1.165) is 53.7 Å². The topological polar surface area (TPSA) is 91.9 Å². The van der Waals surface area contributed by atoms with Crippen molar-refractivity contribution < 1.29 is 22.6 Å². The highest BCUT2D eigenvalue weighted by Crippen LogP contribution is 2.36. The fraction of sp³-hybridized carbons (Fsp3) is 0.417. The molecule has 0 saturated heterocycles. The van der Waals surface area contributed by atoms with Gasteiger partial charge in [-0.3, -0.25) is 9.36 Å². The monoisotopic (exact) mass is 501 g/mol. The summed E-state index contributed by atoms with van der Waals surface area (Å²) in [5, 5.41) is 13.3. The molecule has 9 nitrogen and oxygen atoms in total. The third kappa shape index (κ3) is 5.21. The van der Waals surface area contributed by atoms with Crippen LogP contribution in [0.4, 0.5) is 19.0 Å². The Bertz CT molecular complexity index is 1340. The molecule has 190 valence electrons. The number of halogens is 3. The van der Waals surface area contributed by atoms with E-state index in [4.69, 9.17) is 14.6 Å². The molecule has 0 amide bonds. The van der Waals surface area contributed by atoms with Crippen molar-refractivity contribution in [2.75, 3.05) is 19.0 Å². The second-order valence-electron chi connectivity index (χ2n) is 8.80. The van der Waals surface area contributed by atoms with E-state index in [2.05, 4.69) is 25.1 Å². The molecule has 36 heavy (non-hydrogen) atoms. The summed E-state index contributed by atoms with van der Waals surface area (Å²) in [6, 6.07) is 6.75. The summed E-state index contributed by atoms with van der Waals surface area (Å²) in [6.45, 7) is -1.39. The van der Waals surface area contributed by atoms with E-state index in [9.17, 15) is 13.2 Å². The summed E-state index contributed by atoms with van der Waals surface area (Å²) in [5.41, 5.74) is 2.76. The van der Waals surface area contributed by atoms with E-state index in [0.29, 0.717) is 0 Å². The van der Waals surface area contributed by atoms with Gasteiger partial charge in [-0.1, -0.05) is 6.07 Å². The number of pyridine rings is 2. The van der Waals surface area contributed by atoms with Crippen molar-refractivity contribution in [3.05, 3.63) is 42.9 Å². The van der Waals surface area contributed by atoms with Gasteiger partial charge in [0.1, 0.15) is 17.6 Å². The van der Waals surface area contributed by atoms with E-state index in [1.165, 1.54) is 6.07 Å². The van der Waals surface area contributed by atoms with Crippen LogP contribution in [0.15, 0.2) is 42.9 Å². The summed E-state index contributed by atoms with van der Waals surface area (Å²) < 4.78 is 51.8. The van der Waals surface area contributed by atoms with Gasteiger partial charge in [-0.05, 0) is 25.7 Å². The summed E-state index contributed by atoms with van der Waals surface area (Å²) in [6.07, 6.45) is 4.22. The zero-order valence-corrected chi connectivity index (χ0v) is 19.9. The maximum absolute atomic E-state index is 12.4. The van der Waals surface area contributed by atoms with Gasteiger partial charge in [-0.2, -0.15) is 28.4 Å². The van der Waals surface area contributed by atoms with Crippen molar-refractivity contribution >= 4 is 16.7 Å². The molecule has 1 saturated carbocycles. The van der Waals surface area contributed by atoms with Crippen molar-refractivity contribution in [2.45, 2.75) is 44.0 Å². The Hall–Kier alpha value is -3.83. The van der Waals surface area contributed by atoms with Crippen LogP contribution in [0.2, 0.25) is 0 Å². The second-order valence-corrected chi connectivity index (χ2v) is 8.80. The molecule has 1 N–H and O–H groups in total. The van der Waals surface area contributed by atoms with E-state index >= 15 is 0 Å². The van der Waals surface area contributed by atoms with Gasteiger partial charge in [0.15, 0.2) is 6.61 Å². The SMILES string of the molecule is CNc1cc2c(cn1)c(-c1cnn(C)c1)nn2C1CCC(Oc2cccc(OCC(F)(F)F)n2)CC1. The van der Waals surface area contributed by atoms with Crippen LogP contribution in [-0.2, 0) is 7.05 Å². The van der Waals surface area contributed by atoms with Crippen LogP contribution in [0.25, 0.3) is 22.2 Å². The van der Waals surface area contributed by atoms with Crippen molar-refractivity contribution in [1.82, 2.24) is 29.5 Å². The highest BCUT2D eigenvalue weighted by molar-refractivity contribution is 5.93. The predicted octanol–water partition coefficient (Wildman–Crippen LogP) is 4.77. The van der Waals surface area contributed by atoms with Crippen LogP contribution in [0.5, 0.6) is 11.8 Å². The number of ether oxygens (including phenoxy) is 2. The van der Waals surface area contributed by atoms with Gasteiger partial charge < -0.3 is 14.8 Å². The van der Waals surface area contributed by atoms with Crippen LogP contribution in [-0.4, -0.2) is 55.5 Å². The summed E-state index contributed by atoms with van der Waals surface area (Å²) in [5.74, 6) is 0.904. The molecule has 1 fully saturated rings. The lowest BCUT2D eigenvalue weighted by Crippen LogP contribution is -2.26. The maximum atomic E-state index is 12.4. The minimum atomic E-state index is -4.42. The third-order valence-electron chi connectivity index (χ3n) is 6.18. The number of fused-ring (bicyclic) bond motifs is 1. The highest BCUT2D eigenvalue weighted by atomic mass is 19.4. The molecule has 5 rings (SSSR count). The van der Waals surface area contributed by atoms with Crippen LogP contribution in [0.3, 0.4) is 0 Å². The molecule has 0 spiro atoms. The molecule has 0 atom stereocenters. The Morgan fingerprint density at radius 1 is 1.11 bits per heavy atom. The van der Waals surface area contributed by atoms with Gasteiger partial charge in [-0.15, -0.1) is 0 Å². The molecule has 0 aromatic carbocycles. The van der Waals surface area contributed by atoms with Crippen molar-refractivity contribution in [1.29, 1.82) is 0 Å². The Kier molecular flexibility index (Phi) is 6.42. The zero-order valence-electron chi connectivity index (χ0n) is 19.9. The molecule has 4 aromatic heterocycles. The van der Waals surface area contributed by atoms with E-state index in [-0.39, 0.29) is 23.9 Å². The summed E-state index contributed by atoms with van der Waals surface area (Å²) in [4.78, 5) is 8.54. The number of nitrogens with one attached hydrogen (secondary N) is 1. The van der Waals surface area contributed by atoms with Gasteiger partial charge in [0.2, 0.25) is 11.8 Å². The second kappa shape index (κ2) is 9.67. The Balaban J connectivity index is 1.30. The van der Waals surface area contributed by atoms with Gasteiger partial charge >= 0.3 is 6.18 Å².